The highest BCUT2D eigenvalue weighted by atomic mass is 35.5. The largest absolute Gasteiger partial charge is 0.469 e. The van der Waals surface area contributed by atoms with Gasteiger partial charge in [0.2, 0.25) is 5.91 Å². The van der Waals surface area contributed by atoms with Gasteiger partial charge in [0.1, 0.15) is 5.60 Å². The lowest BCUT2D eigenvalue weighted by molar-refractivity contribution is -0.140. The Bertz CT molecular complexity index is 1430. The van der Waals surface area contributed by atoms with Crippen molar-refractivity contribution in [1.82, 2.24) is 4.90 Å². The first-order valence-electron chi connectivity index (χ1n) is 14.6. The maximum atomic E-state index is 12.8. The molecule has 1 saturated heterocycles. The van der Waals surface area contributed by atoms with Crippen molar-refractivity contribution in [3.8, 4) is 11.1 Å². The summed E-state index contributed by atoms with van der Waals surface area (Å²) in [6.07, 6.45) is 0.694. The molecular formula is C34H40ClN3O5. The van der Waals surface area contributed by atoms with E-state index >= 15 is 0 Å². The van der Waals surface area contributed by atoms with E-state index in [1.807, 2.05) is 51.1 Å². The Labute approximate surface area is 258 Å². The molecule has 228 valence electrons. The number of halogens is 1. The summed E-state index contributed by atoms with van der Waals surface area (Å²) in [5.41, 5.74) is 4.69. The van der Waals surface area contributed by atoms with E-state index in [0.717, 1.165) is 44.0 Å². The molecule has 0 aliphatic carbocycles. The summed E-state index contributed by atoms with van der Waals surface area (Å²) in [5, 5.41) is 3.69. The van der Waals surface area contributed by atoms with Gasteiger partial charge in [-0.3, -0.25) is 14.5 Å². The first kappa shape index (κ1) is 32.0. The Balaban J connectivity index is 1.47. The van der Waals surface area contributed by atoms with Crippen LogP contribution in [0.25, 0.3) is 11.1 Å². The molecule has 1 N–H and O–H groups in total. The fraction of sp³-hybridized carbons (Fsp3) is 0.382. The zero-order valence-corrected chi connectivity index (χ0v) is 26.1. The molecule has 0 aromatic heterocycles. The van der Waals surface area contributed by atoms with Gasteiger partial charge >= 0.3 is 11.9 Å². The van der Waals surface area contributed by atoms with Crippen molar-refractivity contribution in [3.05, 3.63) is 82.9 Å². The van der Waals surface area contributed by atoms with E-state index in [1.54, 1.807) is 12.1 Å². The molecule has 3 aromatic carbocycles. The number of carbonyl (C=O) groups is 3. The molecule has 0 saturated carbocycles. The van der Waals surface area contributed by atoms with Crippen LogP contribution in [-0.4, -0.2) is 61.6 Å². The number of rotatable bonds is 10. The van der Waals surface area contributed by atoms with Gasteiger partial charge < -0.3 is 19.7 Å². The van der Waals surface area contributed by atoms with Crippen LogP contribution in [0.3, 0.4) is 0 Å². The van der Waals surface area contributed by atoms with Gasteiger partial charge in [0, 0.05) is 50.6 Å². The summed E-state index contributed by atoms with van der Waals surface area (Å²) in [7, 11) is 1.33. The second-order valence-electron chi connectivity index (χ2n) is 11.6. The smallest absolute Gasteiger partial charge is 0.338 e. The molecule has 1 aliphatic heterocycles. The zero-order valence-electron chi connectivity index (χ0n) is 25.3. The van der Waals surface area contributed by atoms with Crippen LogP contribution >= 0.6 is 11.6 Å². The topological polar surface area (TPSA) is 88.2 Å². The number of benzene rings is 3. The fourth-order valence-electron chi connectivity index (χ4n) is 5.04. The molecule has 0 bridgehead atoms. The predicted octanol–water partition coefficient (Wildman–Crippen LogP) is 6.57. The molecule has 1 amide bonds. The number of hydrogen-bond donors (Lipinski definition) is 1. The number of anilines is 2. The minimum atomic E-state index is -0.643. The van der Waals surface area contributed by atoms with E-state index in [1.165, 1.54) is 18.2 Å². The minimum Gasteiger partial charge on any atom is -0.469 e. The third-order valence-electron chi connectivity index (χ3n) is 7.20. The second kappa shape index (κ2) is 14.5. The maximum Gasteiger partial charge on any atom is 0.338 e. The van der Waals surface area contributed by atoms with Crippen LogP contribution in [-0.2, 0) is 25.6 Å². The van der Waals surface area contributed by atoms with E-state index in [0.29, 0.717) is 22.7 Å². The lowest BCUT2D eigenvalue weighted by atomic mass is 9.99. The molecule has 1 fully saturated rings. The monoisotopic (exact) mass is 605 g/mol. The molecule has 43 heavy (non-hydrogen) atoms. The van der Waals surface area contributed by atoms with Crippen molar-refractivity contribution in [1.29, 1.82) is 0 Å². The second-order valence-corrected chi connectivity index (χ2v) is 12.1. The van der Waals surface area contributed by atoms with Gasteiger partial charge in [0.25, 0.3) is 0 Å². The van der Waals surface area contributed by atoms with E-state index in [4.69, 9.17) is 16.3 Å². The third-order valence-corrected chi connectivity index (χ3v) is 7.45. The Morgan fingerprint density at radius 3 is 2.28 bits per heavy atom. The summed E-state index contributed by atoms with van der Waals surface area (Å²) in [5.74, 6) is -1.04. The van der Waals surface area contributed by atoms with Crippen LogP contribution in [0.1, 0.15) is 56.0 Å². The number of ether oxygens (including phenoxy) is 2. The molecular weight excluding hydrogens is 566 g/mol. The van der Waals surface area contributed by atoms with Crippen LogP contribution < -0.4 is 10.2 Å². The first-order valence-corrected chi connectivity index (χ1v) is 15.0. The van der Waals surface area contributed by atoms with E-state index in [-0.39, 0.29) is 24.7 Å². The molecule has 0 spiro atoms. The molecule has 9 heteroatoms. The van der Waals surface area contributed by atoms with Crippen LogP contribution in [0.15, 0.2) is 66.7 Å². The molecule has 0 atom stereocenters. The molecule has 1 aliphatic rings. The van der Waals surface area contributed by atoms with Crippen LogP contribution in [0.4, 0.5) is 11.4 Å². The Morgan fingerprint density at radius 1 is 0.907 bits per heavy atom. The number of amides is 1. The molecule has 4 rings (SSSR count). The molecule has 8 nitrogen and oxygen atoms in total. The molecule has 3 aromatic rings. The Hall–Kier alpha value is -3.88. The summed E-state index contributed by atoms with van der Waals surface area (Å²) in [6, 6.07) is 21.6. The van der Waals surface area contributed by atoms with Crippen molar-refractivity contribution in [3.63, 3.8) is 0 Å². The average molecular weight is 606 g/mol. The normalized spacial score (nSPS) is 13.8. The Kier molecular flexibility index (Phi) is 10.8. The number of hydrogen-bond acceptors (Lipinski definition) is 7. The van der Waals surface area contributed by atoms with Crippen LogP contribution in [0, 0.1) is 0 Å². The van der Waals surface area contributed by atoms with Crippen molar-refractivity contribution < 1.29 is 23.9 Å². The zero-order chi connectivity index (χ0) is 31.0. The van der Waals surface area contributed by atoms with Gasteiger partial charge in [0.05, 0.1) is 24.0 Å². The number of nitrogens with zero attached hydrogens (tertiary/aromatic N) is 2. The SMILES string of the molecule is COC(=O)CCCC(=O)Nc1cc(C(=O)OC(C)(C)C)ccc1N1CCN(Cc2ccccc2-c2ccc(Cl)cc2)CC1. The summed E-state index contributed by atoms with van der Waals surface area (Å²) >= 11 is 6.11. The van der Waals surface area contributed by atoms with Crippen molar-refractivity contribution in [2.24, 2.45) is 0 Å². The fourth-order valence-corrected chi connectivity index (χ4v) is 5.17. The molecule has 0 radical (unpaired) electrons. The van der Waals surface area contributed by atoms with Crippen LogP contribution in [0.5, 0.6) is 0 Å². The van der Waals surface area contributed by atoms with E-state index in [9.17, 15) is 14.4 Å². The van der Waals surface area contributed by atoms with E-state index < -0.39 is 11.6 Å². The quantitative estimate of drug-likeness (QED) is 0.262. The predicted molar refractivity (Wildman–Crippen MR) is 170 cm³/mol. The van der Waals surface area contributed by atoms with Crippen molar-refractivity contribution in [2.45, 2.75) is 52.2 Å². The van der Waals surface area contributed by atoms with Gasteiger partial charge in [-0.2, -0.15) is 0 Å². The van der Waals surface area contributed by atoms with Gasteiger partial charge in [-0.15, -0.1) is 0 Å². The highest BCUT2D eigenvalue weighted by Crippen LogP contribution is 2.31. The standard InChI is InChI=1S/C34H40ClN3O5/c1-34(2,3)43-33(41)25-14-17-30(29(22-25)36-31(39)10-7-11-32(40)42-4)38-20-18-37(19-21-38)23-26-8-5-6-9-28(26)24-12-15-27(35)16-13-24/h5-6,8-9,12-17,22H,7,10-11,18-21,23H2,1-4H3,(H,36,39). The van der Waals surface area contributed by atoms with Gasteiger partial charge in [0.15, 0.2) is 0 Å². The van der Waals surface area contributed by atoms with Crippen molar-refractivity contribution in [2.75, 3.05) is 43.5 Å². The minimum absolute atomic E-state index is 0.159. The number of carbonyl (C=O) groups excluding carboxylic acids is 3. The lowest BCUT2D eigenvalue weighted by Gasteiger charge is -2.37. The highest BCUT2D eigenvalue weighted by Gasteiger charge is 2.24. The van der Waals surface area contributed by atoms with Crippen LogP contribution in [0.2, 0.25) is 5.02 Å². The summed E-state index contributed by atoms with van der Waals surface area (Å²) in [6.45, 7) is 9.42. The highest BCUT2D eigenvalue weighted by molar-refractivity contribution is 6.30. The number of methoxy groups -OCH3 is 1. The summed E-state index contributed by atoms with van der Waals surface area (Å²) in [4.78, 5) is 41.8. The maximum absolute atomic E-state index is 12.8. The number of esters is 2. The average Bonchev–Trinajstić information content (AvgIpc) is 2.97. The third kappa shape index (κ3) is 9.30. The van der Waals surface area contributed by atoms with Gasteiger partial charge in [-0.25, -0.2) is 4.79 Å². The Morgan fingerprint density at radius 2 is 1.60 bits per heavy atom. The number of piperazine rings is 1. The summed E-state index contributed by atoms with van der Waals surface area (Å²) < 4.78 is 10.2. The van der Waals surface area contributed by atoms with Crippen molar-refractivity contribution >= 4 is 40.8 Å². The first-order chi connectivity index (χ1) is 20.5. The molecule has 1 heterocycles. The van der Waals surface area contributed by atoms with E-state index in [2.05, 4.69) is 44.1 Å². The van der Waals surface area contributed by atoms with Gasteiger partial charge in [-0.1, -0.05) is 48.0 Å². The number of nitrogens with one attached hydrogen (secondary N) is 1. The lowest BCUT2D eigenvalue weighted by Crippen LogP contribution is -2.46. The van der Waals surface area contributed by atoms with Gasteiger partial charge in [-0.05, 0) is 74.2 Å². The molecule has 0 unspecified atom stereocenters.